The van der Waals surface area contributed by atoms with Crippen LogP contribution in [0.2, 0.25) is 0 Å². The normalized spacial score (nSPS) is 36.6. The molecule has 0 bridgehead atoms. The lowest BCUT2D eigenvalue weighted by molar-refractivity contribution is -0.210. The van der Waals surface area contributed by atoms with Crippen molar-refractivity contribution in [1.82, 2.24) is 0 Å². The first-order valence-electron chi connectivity index (χ1n) is 6.35. The minimum absolute atomic E-state index is 0.295. The molecule has 0 aromatic rings. The molecule has 2 rings (SSSR count). The lowest BCUT2D eigenvalue weighted by Gasteiger charge is -2.23. The van der Waals surface area contributed by atoms with E-state index in [1.54, 1.807) is 20.1 Å². The molecule has 0 aliphatic carbocycles. The number of methoxy groups -OCH3 is 1. The Morgan fingerprint density at radius 1 is 1.37 bits per heavy atom. The predicted octanol–water partition coefficient (Wildman–Crippen LogP) is 0.997. The molecule has 6 nitrogen and oxygen atoms in total. The maximum absolute atomic E-state index is 11.3. The van der Waals surface area contributed by atoms with Crippen LogP contribution >= 0.6 is 0 Å². The maximum Gasteiger partial charge on any atom is 0.330 e. The van der Waals surface area contributed by atoms with Gasteiger partial charge in [-0.05, 0) is 26.8 Å². The Bertz CT molecular complexity index is 364. The van der Waals surface area contributed by atoms with E-state index in [2.05, 4.69) is 0 Å². The molecular weight excluding hydrogens is 252 g/mol. The second kappa shape index (κ2) is 5.58. The van der Waals surface area contributed by atoms with Crippen molar-refractivity contribution >= 4 is 5.97 Å². The van der Waals surface area contributed by atoms with E-state index in [1.807, 2.05) is 13.8 Å². The summed E-state index contributed by atoms with van der Waals surface area (Å²) >= 11 is 0. The number of fused-ring (bicyclic) bond motifs is 1. The number of hydrogen-bond donors (Lipinski definition) is 0. The molecule has 4 atom stereocenters. The standard InChI is InChI=1S/C13H20O6/c1-5-16-9(14)7-6-8-10(15-4)11-12(17-8)19-13(2,3)18-11/h6-8,10-12H,5H2,1-4H3/b7-6-/t8?,10-,11+,12+/m0/s1. The van der Waals surface area contributed by atoms with Gasteiger partial charge in [-0.15, -0.1) is 0 Å². The second-order valence-corrected chi connectivity index (χ2v) is 4.88. The monoisotopic (exact) mass is 272 g/mol. The average molecular weight is 272 g/mol. The quantitative estimate of drug-likeness (QED) is 0.562. The Labute approximate surface area is 112 Å². The van der Waals surface area contributed by atoms with Crippen molar-refractivity contribution in [3.05, 3.63) is 12.2 Å². The third kappa shape index (κ3) is 3.14. The van der Waals surface area contributed by atoms with Gasteiger partial charge in [0.1, 0.15) is 18.3 Å². The van der Waals surface area contributed by atoms with Gasteiger partial charge in [-0.3, -0.25) is 0 Å². The van der Waals surface area contributed by atoms with E-state index < -0.39 is 18.0 Å². The first kappa shape index (κ1) is 14.5. The van der Waals surface area contributed by atoms with Gasteiger partial charge in [0.15, 0.2) is 12.1 Å². The van der Waals surface area contributed by atoms with Crippen LogP contribution in [0.3, 0.4) is 0 Å². The number of esters is 1. The topological polar surface area (TPSA) is 63.2 Å². The van der Waals surface area contributed by atoms with Gasteiger partial charge in [-0.2, -0.15) is 0 Å². The molecule has 2 aliphatic heterocycles. The first-order valence-corrected chi connectivity index (χ1v) is 6.35. The molecule has 0 N–H and O–H groups in total. The van der Waals surface area contributed by atoms with E-state index in [4.69, 9.17) is 23.7 Å². The fourth-order valence-corrected chi connectivity index (χ4v) is 2.29. The minimum atomic E-state index is -0.679. The molecule has 2 saturated heterocycles. The molecule has 0 amide bonds. The Kier molecular flexibility index (Phi) is 4.25. The third-order valence-electron chi connectivity index (χ3n) is 3.01. The predicted molar refractivity (Wildman–Crippen MR) is 65.3 cm³/mol. The van der Waals surface area contributed by atoms with Crippen LogP contribution in [0.15, 0.2) is 12.2 Å². The highest BCUT2D eigenvalue weighted by Gasteiger charge is 2.54. The third-order valence-corrected chi connectivity index (χ3v) is 3.01. The van der Waals surface area contributed by atoms with Crippen LogP contribution in [-0.2, 0) is 28.5 Å². The number of carbonyl (C=O) groups is 1. The summed E-state index contributed by atoms with van der Waals surface area (Å²) in [6.07, 6.45) is 1.49. The summed E-state index contributed by atoms with van der Waals surface area (Å²) in [6, 6.07) is 0. The number of ether oxygens (including phenoxy) is 5. The van der Waals surface area contributed by atoms with Crippen molar-refractivity contribution in [2.45, 2.75) is 51.2 Å². The Morgan fingerprint density at radius 2 is 2.11 bits per heavy atom. The van der Waals surface area contributed by atoms with Crippen LogP contribution in [0.1, 0.15) is 20.8 Å². The molecule has 0 aromatic carbocycles. The van der Waals surface area contributed by atoms with E-state index in [0.29, 0.717) is 6.61 Å². The van der Waals surface area contributed by atoms with Crippen molar-refractivity contribution in [1.29, 1.82) is 0 Å². The zero-order valence-corrected chi connectivity index (χ0v) is 11.6. The smallest absolute Gasteiger partial charge is 0.330 e. The summed E-state index contributed by atoms with van der Waals surface area (Å²) < 4.78 is 27.2. The van der Waals surface area contributed by atoms with Crippen LogP contribution in [0.4, 0.5) is 0 Å². The molecule has 1 unspecified atom stereocenters. The van der Waals surface area contributed by atoms with Crippen LogP contribution in [0.5, 0.6) is 0 Å². The molecule has 0 radical (unpaired) electrons. The summed E-state index contributed by atoms with van der Waals surface area (Å²) in [5.41, 5.74) is 0. The van der Waals surface area contributed by atoms with Gasteiger partial charge in [0, 0.05) is 13.2 Å². The SMILES string of the molecule is CCOC(=O)/C=C\C1O[C@@H]2OC(C)(C)O[C@@H]2[C@H]1OC. The fraction of sp³-hybridized carbons (Fsp3) is 0.769. The lowest BCUT2D eigenvalue weighted by atomic mass is 10.1. The van der Waals surface area contributed by atoms with Crippen molar-refractivity contribution < 1.29 is 28.5 Å². The zero-order chi connectivity index (χ0) is 14.0. The van der Waals surface area contributed by atoms with Gasteiger partial charge in [-0.1, -0.05) is 0 Å². The molecule has 6 heteroatoms. The summed E-state index contributed by atoms with van der Waals surface area (Å²) in [7, 11) is 1.58. The highest BCUT2D eigenvalue weighted by molar-refractivity contribution is 5.81. The summed E-state index contributed by atoms with van der Waals surface area (Å²) in [5, 5.41) is 0. The highest BCUT2D eigenvalue weighted by Crippen LogP contribution is 2.38. The molecule has 0 saturated carbocycles. The molecule has 2 heterocycles. The highest BCUT2D eigenvalue weighted by atomic mass is 16.8. The van der Waals surface area contributed by atoms with E-state index >= 15 is 0 Å². The summed E-state index contributed by atoms with van der Waals surface area (Å²) in [4.78, 5) is 11.3. The molecule has 0 aromatic heterocycles. The van der Waals surface area contributed by atoms with Gasteiger partial charge < -0.3 is 23.7 Å². The van der Waals surface area contributed by atoms with Crippen LogP contribution in [0.25, 0.3) is 0 Å². The molecule has 2 aliphatic rings. The van der Waals surface area contributed by atoms with Crippen molar-refractivity contribution in [2.24, 2.45) is 0 Å². The number of carbonyl (C=O) groups excluding carboxylic acids is 1. The Hall–Kier alpha value is -0.950. The zero-order valence-electron chi connectivity index (χ0n) is 11.6. The van der Waals surface area contributed by atoms with E-state index in [-0.39, 0.29) is 18.3 Å². The maximum atomic E-state index is 11.3. The average Bonchev–Trinajstić information content (AvgIpc) is 2.77. The summed E-state index contributed by atoms with van der Waals surface area (Å²) in [5.74, 6) is -1.08. The van der Waals surface area contributed by atoms with Crippen LogP contribution in [0, 0.1) is 0 Å². The van der Waals surface area contributed by atoms with Gasteiger partial charge in [0.05, 0.1) is 6.61 Å². The van der Waals surface area contributed by atoms with Gasteiger partial charge in [0.2, 0.25) is 0 Å². The van der Waals surface area contributed by atoms with Crippen molar-refractivity contribution in [3.8, 4) is 0 Å². The van der Waals surface area contributed by atoms with E-state index in [1.165, 1.54) is 6.08 Å². The fourth-order valence-electron chi connectivity index (χ4n) is 2.29. The molecule has 19 heavy (non-hydrogen) atoms. The second-order valence-electron chi connectivity index (χ2n) is 4.88. The molecule has 0 spiro atoms. The molecule has 108 valence electrons. The van der Waals surface area contributed by atoms with Crippen molar-refractivity contribution in [2.75, 3.05) is 13.7 Å². The number of hydrogen-bond acceptors (Lipinski definition) is 6. The largest absolute Gasteiger partial charge is 0.463 e. The van der Waals surface area contributed by atoms with Gasteiger partial charge >= 0.3 is 5.97 Å². The van der Waals surface area contributed by atoms with Gasteiger partial charge in [0.25, 0.3) is 0 Å². The van der Waals surface area contributed by atoms with E-state index in [0.717, 1.165) is 0 Å². The van der Waals surface area contributed by atoms with Crippen LogP contribution < -0.4 is 0 Å². The Morgan fingerprint density at radius 3 is 2.74 bits per heavy atom. The van der Waals surface area contributed by atoms with Gasteiger partial charge in [-0.25, -0.2) is 4.79 Å². The van der Waals surface area contributed by atoms with Crippen LogP contribution in [-0.4, -0.2) is 50.1 Å². The first-order chi connectivity index (χ1) is 8.96. The van der Waals surface area contributed by atoms with E-state index in [9.17, 15) is 4.79 Å². The molecule has 2 fully saturated rings. The lowest BCUT2D eigenvalue weighted by Crippen LogP contribution is -2.35. The Balaban J connectivity index is 2.00. The van der Waals surface area contributed by atoms with Crippen molar-refractivity contribution in [3.63, 3.8) is 0 Å². The number of rotatable bonds is 4. The minimum Gasteiger partial charge on any atom is -0.463 e. The molecular formula is C13H20O6. The summed E-state index contributed by atoms with van der Waals surface area (Å²) in [6.45, 7) is 5.74.